The SMILES string of the molecule is C=C(C)CC(C(=O)OC)c1c(C)ccc(C)c1-c1ccc2c(c1)CCCO2. The minimum absolute atomic E-state index is 0.214. The van der Waals surface area contributed by atoms with Crippen LogP contribution in [0.1, 0.15) is 47.9 Å². The second-order valence-corrected chi connectivity index (χ2v) is 7.50. The number of benzene rings is 2. The zero-order valence-electron chi connectivity index (χ0n) is 16.7. The van der Waals surface area contributed by atoms with Crippen molar-refractivity contribution >= 4 is 5.97 Å². The van der Waals surface area contributed by atoms with E-state index in [0.717, 1.165) is 58.6 Å². The van der Waals surface area contributed by atoms with Gasteiger partial charge in [-0.15, -0.1) is 6.58 Å². The van der Waals surface area contributed by atoms with Crippen LogP contribution in [0.15, 0.2) is 42.5 Å². The normalized spacial score (nSPS) is 14.1. The van der Waals surface area contributed by atoms with Gasteiger partial charge in [0.1, 0.15) is 5.75 Å². The molecule has 1 aliphatic heterocycles. The molecule has 1 aliphatic rings. The van der Waals surface area contributed by atoms with Crippen LogP contribution < -0.4 is 4.74 Å². The van der Waals surface area contributed by atoms with Crippen LogP contribution in [0.4, 0.5) is 0 Å². The van der Waals surface area contributed by atoms with E-state index in [0.29, 0.717) is 6.42 Å². The molecule has 0 spiro atoms. The van der Waals surface area contributed by atoms with Gasteiger partial charge in [0.05, 0.1) is 19.6 Å². The number of hydrogen-bond donors (Lipinski definition) is 0. The Bertz CT molecular complexity index is 879. The molecule has 1 heterocycles. The fraction of sp³-hybridized carbons (Fsp3) is 0.375. The number of rotatable bonds is 5. The summed E-state index contributed by atoms with van der Waals surface area (Å²) in [4.78, 5) is 12.6. The van der Waals surface area contributed by atoms with Crippen molar-refractivity contribution in [2.75, 3.05) is 13.7 Å². The second kappa shape index (κ2) is 7.99. The van der Waals surface area contributed by atoms with Crippen molar-refractivity contribution in [3.63, 3.8) is 0 Å². The third-order valence-corrected chi connectivity index (χ3v) is 5.26. The van der Waals surface area contributed by atoms with E-state index >= 15 is 0 Å². The highest BCUT2D eigenvalue weighted by Crippen LogP contribution is 2.40. The lowest BCUT2D eigenvalue weighted by Gasteiger charge is -2.24. The molecule has 27 heavy (non-hydrogen) atoms. The van der Waals surface area contributed by atoms with Gasteiger partial charge in [-0.3, -0.25) is 4.79 Å². The Morgan fingerprint density at radius 2 is 1.96 bits per heavy atom. The average Bonchev–Trinajstić information content (AvgIpc) is 2.66. The van der Waals surface area contributed by atoms with E-state index in [2.05, 4.69) is 50.8 Å². The van der Waals surface area contributed by atoms with Gasteiger partial charge < -0.3 is 9.47 Å². The lowest BCUT2D eigenvalue weighted by molar-refractivity contribution is -0.142. The second-order valence-electron chi connectivity index (χ2n) is 7.50. The van der Waals surface area contributed by atoms with Crippen LogP contribution in [0.2, 0.25) is 0 Å². The highest BCUT2D eigenvalue weighted by molar-refractivity contribution is 5.85. The molecule has 3 rings (SSSR count). The molecule has 0 radical (unpaired) electrons. The monoisotopic (exact) mass is 364 g/mol. The molecular formula is C24H28O3. The van der Waals surface area contributed by atoms with Crippen LogP contribution in [0.25, 0.3) is 11.1 Å². The smallest absolute Gasteiger partial charge is 0.313 e. The maximum Gasteiger partial charge on any atom is 0.313 e. The lowest BCUT2D eigenvalue weighted by atomic mass is 9.81. The number of ether oxygens (including phenoxy) is 2. The molecule has 0 N–H and O–H groups in total. The predicted molar refractivity (Wildman–Crippen MR) is 109 cm³/mol. The summed E-state index contributed by atoms with van der Waals surface area (Å²) in [7, 11) is 1.45. The van der Waals surface area contributed by atoms with Crippen LogP contribution in [-0.4, -0.2) is 19.7 Å². The van der Waals surface area contributed by atoms with Crippen molar-refractivity contribution in [1.82, 2.24) is 0 Å². The van der Waals surface area contributed by atoms with E-state index in [1.54, 1.807) is 0 Å². The number of fused-ring (bicyclic) bond motifs is 1. The molecule has 142 valence electrons. The van der Waals surface area contributed by atoms with Crippen LogP contribution in [0.5, 0.6) is 5.75 Å². The van der Waals surface area contributed by atoms with Gasteiger partial charge in [0.2, 0.25) is 0 Å². The topological polar surface area (TPSA) is 35.5 Å². The van der Waals surface area contributed by atoms with E-state index in [-0.39, 0.29) is 11.9 Å². The van der Waals surface area contributed by atoms with Crippen molar-refractivity contribution in [2.24, 2.45) is 0 Å². The molecule has 1 atom stereocenters. The molecule has 0 fully saturated rings. The van der Waals surface area contributed by atoms with Gasteiger partial charge in [-0.05, 0) is 85.5 Å². The molecule has 2 aromatic rings. The Kier molecular flexibility index (Phi) is 5.69. The molecule has 1 unspecified atom stereocenters. The van der Waals surface area contributed by atoms with E-state index in [1.807, 2.05) is 6.92 Å². The number of esters is 1. The summed E-state index contributed by atoms with van der Waals surface area (Å²) in [5, 5.41) is 0. The number of aryl methyl sites for hydroxylation is 3. The van der Waals surface area contributed by atoms with Crippen LogP contribution >= 0.6 is 0 Å². The number of carbonyl (C=O) groups excluding carboxylic acids is 1. The van der Waals surface area contributed by atoms with Gasteiger partial charge >= 0.3 is 5.97 Å². The molecular weight excluding hydrogens is 336 g/mol. The van der Waals surface area contributed by atoms with E-state index in [4.69, 9.17) is 9.47 Å². The molecule has 0 aliphatic carbocycles. The molecule has 3 heteroatoms. The van der Waals surface area contributed by atoms with Crippen molar-refractivity contribution in [1.29, 1.82) is 0 Å². The molecule has 3 nitrogen and oxygen atoms in total. The molecule has 2 aromatic carbocycles. The Hall–Kier alpha value is -2.55. The molecule has 0 amide bonds. The van der Waals surface area contributed by atoms with E-state index < -0.39 is 0 Å². The van der Waals surface area contributed by atoms with Crippen LogP contribution in [0.3, 0.4) is 0 Å². The molecule has 0 aromatic heterocycles. The minimum atomic E-state index is -0.352. The first-order valence-electron chi connectivity index (χ1n) is 9.50. The number of carbonyl (C=O) groups is 1. The zero-order valence-corrected chi connectivity index (χ0v) is 16.7. The van der Waals surface area contributed by atoms with Gasteiger partial charge in [0, 0.05) is 0 Å². The van der Waals surface area contributed by atoms with Gasteiger partial charge in [0.25, 0.3) is 0 Å². The lowest BCUT2D eigenvalue weighted by Crippen LogP contribution is -2.17. The van der Waals surface area contributed by atoms with Crippen molar-refractivity contribution in [3.8, 4) is 16.9 Å². The highest BCUT2D eigenvalue weighted by Gasteiger charge is 2.27. The first kappa shape index (κ1) is 19.2. The third kappa shape index (κ3) is 3.92. The maximum atomic E-state index is 12.6. The Balaban J connectivity index is 2.19. The fourth-order valence-electron chi connectivity index (χ4n) is 3.97. The quantitative estimate of drug-likeness (QED) is 0.518. The summed E-state index contributed by atoms with van der Waals surface area (Å²) in [6.07, 6.45) is 2.64. The van der Waals surface area contributed by atoms with Gasteiger partial charge in [-0.2, -0.15) is 0 Å². The Morgan fingerprint density at radius 1 is 1.22 bits per heavy atom. The van der Waals surface area contributed by atoms with Gasteiger partial charge in [-0.25, -0.2) is 0 Å². The van der Waals surface area contributed by atoms with Crippen LogP contribution in [0, 0.1) is 13.8 Å². The number of methoxy groups -OCH3 is 1. The molecule has 0 saturated carbocycles. The van der Waals surface area contributed by atoms with Crippen molar-refractivity contribution in [2.45, 2.75) is 46.0 Å². The first-order chi connectivity index (χ1) is 12.9. The molecule has 0 saturated heterocycles. The standard InChI is InChI=1S/C24H28O3/c1-15(2)13-20(24(25)26-5)23-17(4)9-8-16(3)22(23)19-10-11-21-18(14-19)7-6-12-27-21/h8-11,14,20H,1,6-7,12-13H2,2-5H3. The van der Waals surface area contributed by atoms with Gasteiger partial charge in [-0.1, -0.05) is 23.8 Å². The number of hydrogen-bond acceptors (Lipinski definition) is 3. The summed E-state index contributed by atoms with van der Waals surface area (Å²) >= 11 is 0. The van der Waals surface area contributed by atoms with E-state index in [9.17, 15) is 4.79 Å². The fourth-order valence-corrected chi connectivity index (χ4v) is 3.97. The Morgan fingerprint density at radius 3 is 2.67 bits per heavy atom. The zero-order chi connectivity index (χ0) is 19.6. The van der Waals surface area contributed by atoms with Gasteiger partial charge in [0.15, 0.2) is 0 Å². The molecule has 0 bridgehead atoms. The van der Waals surface area contributed by atoms with Crippen LogP contribution in [-0.2, 0) is 16.0 Å². The summed E-state index contributed by atoms with van der Waals surface area (Å²) in [5.41, 5.74) is 7.76. The summed E-state index contributed by atoms with van der Waals surface area (Å²) in [5.74, 6) is 0.409. The average molecular weight is 364 g/mol. The third-order valence-electron chi connectivity index (χ3n) is 5.26. The largest absolute Gasteiger partial charge is 0.493 e. The predicted octanol–water partition coefficient (Wildman–Crippen LogP) is 5.52. The summed E-state index contributed by atoms with van der Waals surface area (Å²) in [6, 6.07) is 10.6. The minimum Gasteiger partial charge on any atom is -0.493 e. The Labute approximate surface area is 162 Å². The number of allylic oxidation sites excluding steroid dienone is 1. The van der Waals surface area contributed by atoms with E-state index in [1.165, 1.54) is 12.7 Å². The first-order valence-corrected chi connectivity index (χ1v) is 9.50. The van der Waals surface area contributed by atoms with Crippen molar-refractivity contribution < 1.29 is 14.3 Å². The maximum absolute atomic E-state index is 12.6. The summed E-state index contributed by atoms with van der Waals surface area (Å²) in [6.45, 7) is 10.9. The highest BCUT2D eigenvalue weighted by atomic mass is 16.5. The van der Waals surface area contributed by atoms with Crippen molar-refractivity contribution in [3.05, 3.63) is 64.7 Å². The summed E-state index contributed by atoms with van der Waals surface area (Å²) < 4.78 is 10.9.